The summed E-state index contributed by atoms with van der Waals surface area (Å²) in [7, 11) is 0. The summed E-state index contributed by atoms with van der Waals surface area (Å²) in [5.41, 5.74) is 0.867. The molecule has 0 bridgehead atoms. The number of H-pyrrole nitrogens is 1. The molecule has 0 aliphatic heterocycles. The normalized spacial score (nSPS) is 10.9. The minimum Gasteiger partial charge on any atom is -0.295 e. The third-order valence-corrected chi connectivity index (χ3v) is 4.29. The number of hydrogen-bond donors (Lipinski definition) is 1. The van der Waals surface area contributed by atoms with E-state index in [0.717, 1.165) is 16.3 Å². The van der Waals surface area contributed by atoms with Gasteiger partial charge in [-0.15, -0.1) is 11.3 Å². The summed E-state index contributed by atoms with van der Waals surface area (Å²) in [6, 6.07) is 8.57. The van der Waals surface area contributed by atoms with Crippen LogP contribution in [0.5, 0.6) is 0 Å². The van der Waals surface area contributed by atoms with Gasteiger partial charge < -0.3 is 0 Å². The molecular weight excluding hydrogens is 317 g/mol. The maximum absolute atomic E-state index is 13.2. The highest BCUT2D eigenvalue weighted by atomic mass is 35.5. The van der Waals surface area contributed by atoms with Gasteiger partial charge in [-0.25, -0.2) is 4.39 Å². The van der Waals surface area contributed by atoms with Crippen molar-refractivity contribution < 1.29 is 4.39 Å². The first kappa shape index (κ1) is 13.5. The van der Waals surface area contributed by atoms with Crippen LogP contribution in [-0.2, 0) is 6.54 Å². The molecule has 1 aromatic carbocycles. The van der Waals surface area contributed by atoms with Crippen LogP contribution < -0.4 is 0 Å². The van der Waals surface area contributed by atoms with E-state index in [4.69, 9.17) is 23.8 Å². The van der Waals surface area contributed by atoms with Crippen LogP contribution in [0, 0.1) is 10.6 Å². The van der Waals surface area contributed by atoms with E-state index < -0.39 is 5.82 Å². The van der Waals surface area contributed by atoms with Gasteiger partial charge in [0.05, 0.1) is 16.4 Å². The quantitative estimate of drug-likeness (QED) is 0.719. The van der Waals surface area contributed by atoms with E-state index in [2.05, 4.69) is 10.2 Å². The first-order valence-corrected chi connectivity index (χ1v) is 7.45. The number of aromatic nitrogens is 3. The van der Waals surface area contributed by atoms with Crippen molar-refractivity contribution in [1.82, 2.24) is 14.8 Å². The molecule has 102 valence electrons. The first-order chi connectivity index (χ1) is 9.65. The molecule has 0 fully saturated rings. The summed E-state index contributed by atoms with van der Waals surface area (Å²) in [5.74, 6) is 0.343. The Bertz CT molecular complexity index is 792. The van der Waals surface area contributed by atoms with Crippen molar-refractivity contribution in [3.63, 3.8) is 0 Å². The molecule has 0 unspecified atom stereocenters. The van der Waals surface area contributed by atoms with Gasteiger partial charge in [-0.2, -0.15) is 5.10 Å². The summed E-state index contributed by atoms with van der Waals surface area (Å²) in [6.45, 7) is 0.489. The smallest absolute Gasteiger partial charge is 0.195 e. The average Bonchev–Trinajstić information content (AvgIpc) is 3.05. The van der Waals surface area contributed by atoms with Gasteiger partial charge in [0.1, 0.15) is 5.82 Å². The number of rotatable bonds is 3. The Morgan fingerprint density at radius 2 is 2.25 bits per heavy atom. The third kappa shape index (κ3) is 2.54. The minimum absolute atomic E-state index is 0.107. The fraction of sp³-hybridized carbons (Fsp3) is 0.0769. The Morgan fingerprint density at radius 3 is 2.95 bits per heavy atom. The number of halogens is 2. The number of hydrogen-bond acceptors (Lipinski definition) is 3. The lowest BCUT2D eigenvalue weighted by Crippen LogP contribution is -2.02. The topological polar surface area (TPSA) is 33.6 Å². The fourth-order valence-electron chi connectivity index (χ4n) is 1.88. The highest BCUT2D eigenvalue weighted by Gasteiger charge is 2.11. The van der Waals surface area contributed by atoms with Crippen molar-refractivity contribution in [3.05, 3.63) is 56.9 Å². The van der Waals surface area contributed by atoms with E-state index in [0.29, 0.717) is 11.3 Å². The Morgan fingerprint density at radius 1 is 1.40 bits per heavy atom. The number of aromatic amines is 1. The van der Waals surface area contributed by atoms with Crippen LogP contribution in [0.15, 0.2) is 35.7 Å². The Hall–Kier alpha value is -1.50. The Labute approximate surface area is 128 Å². The van der Waals surface area contributed by atoms with Crippen molar-refractivity contribution in [2.75, 3.05) is 0 Å². The number of benzene rings is 1. The highest BCUT2D eigenvalue weighted by Crippen LogP contribution is 2.24. The van der Waals surface area contributed by atoms with Crippen LogP contribution in [0.1, 0.15) is 5.56 Å². The van der Waals surface area contributed by atoms with E-state index in [1.165, 1.54) is 6.07 Å². The van der Waals surface area contributed by atoms with Gasteiger partial charge in [-0.1, -0.05) is 23.7 Å². The highest BCUT2D eigenvalue weighted by molar-refractivity contribution is 7.71. The third-order valence-electron chi connectivity index (χ3n) is 2.82. The average molecular weight is 326 g/mol. The van der Waals surface area contributed by atoms with E-state index in [1.54, 1.807) is 23.5 Å². The minimum atomic E-state index is -0.426. The zero-order chi connectivity index (χ0) is 14.1. The van der Waals surface area contributed by atoms with Crippen LogP contribution in [0.4, 0.5) is 4.39 Å². The van der Waals surface area contributed by atoms with E-state index in [-0.39, 0.29) is 5.02 Å². The SMILES string of the molecule is Fc1ccc(Cn2c(-c3cccs3)n[nH]c2=S)cc1Cl. The predicted octanol–water partition coefficient (Wildman–Crippen LogP) is 4.51. The van der Waals surface area contributed by atoms with Crippen LogP contribution >= 0.6 is 35.2 Å². The van der Waals surface area contributed by atoms with Crippen LogP contribution in [-0.4, -0.2) is 14.8 Å². The monoisotopic (exact) mass is 325 g/mol. The van der Waals surface area contributed by atoms with Crippen molar-refractivity contribution in [1.29, 1.82) is 0 Å². The molecule has 7 heteroatoms. The maximum atomic E-state index is 13.2. The summed E-state index contributed by atoms with van der Waals surface area (Å²) in [6.07, 6.45) is 0. The van der Waals surface area contributed by atoms with Crippen molar-refractivity contribution in [2.24, 2.45) is 0 Å². The summed E-state index contributed by atoms with van der Waals surface area (Å²) in [5, 5.41) is 9.12. The van der Waals surface area contributed by atoms with E-state index in [1.807, 2.05) is 22.1 Å². The van der Waals surface area contributed by atoms with E-state index >= 15 is 0 Å². The van der Waals surface area contributed by atoms with Crippen molar-refractivity contribution in [2.45, 2.75) is 6.54 Å². The molecule has 0 saturated heterocycles. The molecule has 1 N–H and O–H groups in total. The molecule has 0 saturated carbocycles. The number of nitrogens with zero attached hydrogens (tertiary/aromatic N) is 2. The lowest BCUT2D eigenvalue weighted by Gasteiger charge is -2.06. The van der Waals surface area contributed by atoms with Crippen LogP contribution in [0.3, 0.4) is 0 Å². The largest absolute Gasteiger partial charge is 0.295 e. The molecule has 0 atom stereocenters. The lowest BCUT2D eigenvalue weighted by atomic mass is 10.2. The lowest BCUT2D eigenvalue weighted by molar-refractivity contribution is 0.626. The van der Waals surface area contributed by atoms with Gasteiger partial charge in [0.2, 0.25) is 0 Å². The molecule has 0 amide bonds. The fourth-order valence-corrected chi connectivity index (χ4v) is 3.00. The molecule has 3 aromatic rings. The molecule has 0 aliphatic carbocycles. The van der Waals surface area contributed by atoms with Gasteiger partial charge in [-0.3, -0.25) is 9.67 Å². The molecule has 0 aliphatic rings. The number of nitrogens with one attached hydrogen (secondary N) is 1. The van der Waals surface area contributed by atoms with Crippen molar-refractivity contribution >= 4 is 35.2 Å². The Kier molecular flexibility index (Phi) is 3.69. The molecule has 0 radical (unpaired) electrons. The number of thiophene rings is 1. The van der Waals surface area contributed by atoms with Gasteiger partial charge in [0, 0.05) is 0 Å². The second kappa shape index (κ2) is 5.47. The van der Waals surface area contributed by atoms with Gasteiger partial charge in [0.25, 0.3) is 0 Å². The maximum Gasteiger partial charge on any atom is 0.195 e. The molecule has 2 aromatic heterocycles. The van der Waals surface area contributed by atoms with Crippen LogP contribution in [0.2, 0.25) is 5.02 Å². The second-order valence-corrected chi connectivity index (χ2v) is 5.91. The summed E-state index contributed by atoms with van der Waals surface area (Å²) >= 11 is 12.6. The molecule has 3 rings (SSSR count). The summed E-state index contributed by atoms with van der Waals surface area (Å²) in [4.78, 5) is 1.02. The van der Waals surface area contributed by atoms with Gasteiger partial charge in [-0.05, 0) is 41.4 Å². The predicted molar refractivity (Wildman–Crippen MR) is 81.2 cm³/mol. The van der Waals surface area contributed by atoms with E-state index in [9.17, 15) is 4.39 Å². The molecule has 20 heavy (non-hydrogen) atoms. The van der Waals surface area contributed by atoms with Gasteiger partial charge in [0.15, 0.2) is 10.6 Å². The molecule has 2 heterocycles. The molecular formula is C13H9ClFN3S2. The molecule has 3 nitrogen and oxygen atoms in total. The van der Waals surface area contributed by atoms with Gasteiger partial charge >= 0.3 is 0 Å². The van der Waals surface area contributed by atoms with Crippen LogP contribution in [0.25, 0.3) is 10.7 Å². The van der Waals surface area contributed by atoms with Crippen molar-refractivity contribution in [3.8, 4) is 10.7 Å². The second-order valence-electron chi connectivity index (χ2n) is 4.16. The zero-order valence-corrected chi connectivity index (χ0v) is 12.5. The Balaban J connectivity index is 2.00. The standard InChI is InChI=1S/C13H9ClFN3S2/c14-9-6-8(3-4-10(9)15)7-18-12(16-17-13(18)19)11-2-1-5-20-11/h1-6H,7H2,(H,17,19). The molecule has 0 spiro atoms. The zero-order valence-electron chi connectivity index (χ0n) is 10.1. The first-order valence-electron chi connectivity index (χ1n) is 5.78. The summed E-state index contributed by atoms with van der Waals surface area (Å²) < 4.78 is 15.6.